The van der Waals surface area contributed by atoms with Gasteiger partial charge in [0.15, 0.2) is 0 Å². The Labute approximate surface area is 108 Å². The first kappa shape index (κ1) is 14.7. The van der Waals surface area contributed by atoms with Crippen LogP contribution in [0.3, 0.4) is 0 Å². The van der Waals surface area contributed by atoms with E-state index in [2.05, 4.69) is 28.7 Å². The molecule has 0 fully saturated rings. The average molecular weight is 253 g/mol. The molecule has 18 heavy (non-hydrogen) atoms. The number of aryl methyl sites for hydroxylation is 1. The normalized spacial score (nSPS) is 12.6. The van der Waals surface area contributed by atoms with Gasteiger partial charge in [-0.3, -0.25) is 4.79 Å². The lowest BCUT2D eigenvalue weighted by atomic mass is 10.0. The number of aliphatic carboxylic acids is 1. The minimum Gasteiger partial charge on any atom is -0.481 e. The molecule has 1 aromatic rings. The number of aromatic nitrogens is 2. The molecule has 0 saturated heterocycles. The van der Waals surface area contributed by atoms with E-state index in [-0.39, 0.29) is 6.42 Å². The van der Waals surface area contributed by atoms with E-state index >= 15 is 0 Å². The number of carboxylic acid groups (broad SMARTS) is 1. The van der Waals surface area contributed by atoms with Crippen LogP contribution in [0.1, 0.15) is 38.9 Å². The number of nitrogens with zero attached hydrogens (tertiary/aromatic N) is 2. The zero-order valence-corrected chi connectivity index (χ0v) is 11.2. The number of nitrogens with one attached hydrogen (secondary N) is 1. The minimum absolute atomic E-state index is 0.265. The van der Waals surface area contributed by atoms with E-state index < -0.39 is 5.97 Å². The summed E-state index contributed by atoms with van der Waals surface area (Å²) in [5, 5.41) is 11.9. The first-order valence-electron chi connectivity index (χ1n) is 6.56. The predicted molar refractivity (Wildman–Crippen MR) is 70.3 cm³/mol. The molecule has 5 nitrogen and oxygen atoms in total. The lowest BCUT2D eigenvalue weighted by Crippen LogP contribution is -2.19. The third kappa shape index (κ3) is 5.31. The Hall–Kier alpha value is -1.36. The van der Waals surface area contributed by atoms with Crippen molar-refractivity contribution in [2.45, 2.75) is 46.2 Å². The summed E-state index contributed by atoms with van der Waals surface area (Å²) < 4.78 is 2.11. The van der Waals surface area contributed by atoms with Crippen LogP contribution in [0.5, 0.6) is 0 Å². The highest BCUT2D eigenvalue weighted by Crippen LogP contribution is 2.09. The molecule has 1 aromatic heterocycles. The van der Waals surface area contributed by atoms with Crippen LogP contribution in [0.15, 0.2) is 12.4 Å². The maximum Gasteiger partial charge on any atom is 0.303 e. The van der Waals surface area contributed by atoms with E-state index in [9.17, 15) is 4.79 Å². The second-order valence-electron chi connectivity index (χ2n) is 4.63. The molecule has 2 N–H and O–H groups in total. The van der Waals surface area contributed by atoms with E-state index in [0.29, 0.717) is 5.92 Å². The van der Waals surface area contributed by atoms with Gasteiger partial charge in [-0.05, 0) is 32.2 Å². The summed E-state index contributed by atoms with van der Waals surface area (Å²) >= 11 is 0. The lowest BCUT2D eigenvalue weighted by molar-refractivity contribution is -0.137. The Morgan fingerprint density at radius 3 is 3.00 bits per heavy atom. The third-order valence-electron chi connectivity index (χ3n) is 3.09. The number of imidazole rings is 1. The molecule has 1 rings (SSSR count). The van der Waals surface area contributed by atoms with Gasteiger partial charge in [0.05, 0.1) is 6.54 Å². The molecule has 0 aliphatic heterocycles. The molecule has 1 atom stereocenters. The first-order chi connectivity index (χ1) is 8.63. The molecular formula is C13H23N3O2. The molecule has 0 spiro atoms. The molecule has 0 aliphatic rings. The van der Waals surface area contributed by atoms with E-state index in [1.54, 1.807) is 0 Å². The number of carboxylic acids is 1. The summed E-state index contributed by atoms with van der Waals surface area (Å²) in [6, 6.07) is 0. The minimum atomic E-state index is -0.709. The van der Waals surface area contributed by atoms with Gasteiger partial charge in [-0.15, -0.1) is 0 Å². The van der Waals surface area contributed by atoms with Crippen molar-refractivity contribution in [3.63, 3.8) is 0 Å². The molecule has 0 amide bonds. The number of hydrogen-bond donors (Lipinski definition) is 2. The van der Waals surface area contributed by atoms with Gasteiger partial charge >= 0.3 is 5.97 Å². The van der Waals surface area contributed by atoms with Crippen LogP contribution in [-0.2, 0) is 17.9 Å². The molecule has 0 aromatic carbocycles. The standard InChI is InChI=1S/C13H23N3O2/c1-3-16-9-8-15-12(16)10-14-7-6-11(2)4-5-13(17)18/h8-9,11,14H,3-7,10H2,1-2H3,(H,17,18). The van der Waals surface area contributed by atoms with Crippen molar-refractivity contribution in [1.29, 1.82) is 0 Å². The fraction of sp³-hybridized carbons (Fsp3) is 0.692. The van der Waals surface area contributed by atoms with Crippen LogP contribution in [0.4, 0.5) is 0 Å². The highest BCUT2D eigenvalue weighted by Gasteiger charge is 2.05. The maximum absolute atomic E-state index is 10.4. The Morgan fingerprint density at radius 1 is 1.56 bits per heavy atom. The molecule has 0 bridgehead atoms. The predicted octanol–water partition coefficient (Wildman–Crippen LogP) is 1.88. The fourth-order valence-electron chi connectivity index (χ4n) is 1.86. The zero-order valence-electron chi connectivity index (χ0n) is 11.2. The lowest BCUT2D eigenvalue weighted by Gasteiger charge is -2.11. The summed E-state index contributed by atoms with van der Waals surface area (Å²) in [5.74, 6) is 0.787. The van der Waals surface area contributed by atoms with Crippen LogP contribution in [0, 0.1) is 5.92 Å². The highest BCUT2D eigenvalue weighted by molar-refractivity contribution is 5.66. The van der Waals surface area contributed by atoms with Crippen molar-refractivity contribution in [3.05, 3.63) is 18.2 Å². The third-order valence-corrected chi connectivity index (χ3v) is 3.09. The van der Waals surface area contributed by atoms with Crippen molar-refractivity contribution >= 4 is 5.97 Å². The van der Waals surface area contributed by atoms with E-state index in [1.165, 1.54) is 0 Å². The van der Waals surface area contributed by atoms with Gasteiger partial charge in [-0.2, -0.15) is 0 Å². The van der Waals surface area contributed by atoms with Crippen molar-refractivity contribution in [2.24, 2.45) is 5.92 Å². The molecule has 0 aliphatic carbocycles. The SMILES string of the molecule is CCn1ccnc1CNCCC(C)CCC(=O)O. The molecule has 0 saturated carbocycles. The van der Waals surface area contributed by atoms with E-state index in [1.807, 2.05) is 12.4 Å². The van der Waals surface area contributed by atoms with Gasteiger partial charge in [0.25, 0.3) is 0 Å². The largest absolute Gasteiger partial charge is 0.481 e. The van der Waals surface area contributed by atoms with Crippen molar-refractivity contribution in [2.75, 3.05) is 6.54 Å². The second kappa shape index (κ2) is 7.87. The topological polar surface area (TPSA) is 67.2 Å². The van der Waals surface area contributed by atoms with Crippen molar-refractivity contribution in [3.8, 4) is 0 Å². The molecule has 5 heteroatoms. The Balaban J connectivity index is 2.13. The quantitative estimate of drug-likeness (QED) is 0.659. The first-order valence-corrected chi connectivity index (χ1v) is 6.56. The molecule has 0 radical (unpaired) electrons. The summed E-state index contributed by atoms with van der Waals surface area (Å²) in [6.07, 6.45) is 5.81. The average Bonchev–Trinajstić information content (AvgIpc) is 2.79. The van der Waals surface area contributed by atoms with Gasteiger partial charge in [-0.1, -0.05) is 6.92 Å². The van der Waals surface area contributed by atoms with Crippen LogP contribution in [-0.4, -0.2) is 27.2 Å². The summed E-state index contributed by atoms with van der Waals surface area (Å²) in [4.78, 5) is 14.7. The molecule has 1 unspecified atom stereocenters. The Bertz CT molecular complexity index is 363. The Kier molecular flexibility index (Phi) is 6.43. The molecule has 102 valence electrons. The summed E-state index contributed by atoms with van der Waals surface area (Å²) in [5.41, 5.74) is 0. The number of rotatable bonds is 9. The van der Waals surface area contributed by atoms with Crippen LogP contribution >= 0.6 is 0 Å². The van der Waals surface area contributed by atoms with Gasteiger partial charge in [0.2, 0.25) is 0 Å². The Morgan fingerprint density at radius 2 is 2.33 bits per heavy atom. The fourth-order valence-corrected chi connectivity index (χ4v) is 1.86. The number of hydrogen-bond acceptors (Lipinski definition) is 3. The number of carbonyl (C=O) groups is 1. The van der Waals surface area contributed by atoms with Crippen molar-refractivity contribution < 1.29 is 9.90 Å². The van der Waals surface area contributed by atoms with Gasteiger partial charge in [0, 0.05) is 25.4 Å². The van der Waals surface area contributed by atoms with Crippen LogP contribution in [0.25, 0.3) is 0 Å². The highest BCUT2D eigenvalue weighted by atomic mass is 16.4. The van der Waals surface area contributed by atoms with Gasteiger partial charge < -0.3 is 15.0 Å². The smallest absolute Gasteiger partial charge is 0.303 e. The van der Waals surface area contributed by atoms with E-state index in [4.69, 9.17) is 5.11 Å². The van der Waals surface area contributed by atoms with Crippen molar-refractivity contribution in [1.82, 2.24) is 14.9 Å². The van der Waals surface area contributed by atoms with Gasteiger partial charge in [-0.25, -0.2) is 4.98 Å². The second-order valence-corrected chi connectivity index (χ2v) is 4.63. The van der Waals surface area contributed by atoms with Gasteiger partial charge in [0.1, 0.15) is 5.82 Å². The summed E-state index contributed by atoms with van der Waals surface area (Å²) in [7, 11) is 0. The molecule has 1 heterocycles. The monoisotopic (exact) mass is 253 g/mol. The molecular weight excluding hydrogens is 230 g/mol. The summed E-state index contributed by atoms with van der Waals surface area (Å²) in [6.45, 7) is 6.80. The van der Waals surface area contributed by atoms with Crippen LogP contribution in [0.2, 0.25) is 0 Å². The van der Waals surface area contributed by atoms with Crippen LogP contribution < -0.4 is 5.32 Å². The van der Waals surface area contributed by atoms with E-state index in [0.717, 1.165) is 38.3 Å². The maximum atomic E-state index is 10.4. The zero-order chi connectivity index (χ0) is 13.4.